The lowest BCUT2D eigenvalue weighted by Gasteiger charge is -2.45. The van der Waals surface area contributed by atoms with Gasteiger partial charge in [-0.05, 0) is 17.5 Å². The van der Waals surface area contributed by atoms with Gasteiger partial charge in [0.15, 0.2) is 0 Å². The molecule has 5 atom stereocenters. The van der Waals surface area contributed by atoms with Gasteiger partial charge in [0.1, 0.15) is 0 Å². The van der Waals surface area contributed by atoms with Gasteiger partial charge in [-0.2, -0.15) is 0 Å². The molecule has 0 radical (unpaired) electrons. The Labute approximate surface area is 139 Å². The first-order valence-electron chi connectivity index (χ1n) is 8.76. The Morgan fingerprint density at radius 1 is 0.870 bits per heavy atom. The maximum absolute atomic E-state index is 11.0. The summed E-state index contributed by atoms with van der Waals surface area (Å²) < 4.78 is 0. The van der Waals surface area contributed by atoms with E-state index in [1.165, 1.54) is 11.1 Å². The van der Waals surface area contributed by atoms with Crippen LogP contribution in [0.25, 0.3) is 0 Å². The highest BCUT2D eigenvalue weighted by atomic mass is 16.3. The Morgan fingerprint density at radius 2 is 1.39 bits per heavy atom. The van der Waals surface area contributed by atoms with Crippen molar-refractivity contribution in [3.8, 4) is 0 Å². The zero-order valence-electron chi connectivity index (χ0n) is 14.0. The van der Waals surface area contributed by atoms with E-state index in [0.717, 1.165) is 12.8 Å². The fourth-order valence-corrected chi connectivity index (χ4v) is 3.99. The summed E-state index contributed by atoms with van der Waals surface area (Å²) in [6.07, 6.45) is 1.85. The van der Waals surface area contributed by atoms with Gasteiger partial charge in [0.2, 0.25) is 0 Å². The summed E-state index contributed by atoms with van der Waals surface area (Å²) in [5.41, 5.74) is 2.53. The molecule has 3 rings (SSSR count). The SMILES string of the molecule is CCC[C@H]1[C@H](O)[C@@H](C)[C@@H](c2ccccc2)N[C@@H]1c1ccccc1. The van der Waals surface area contributed by atoms with E-state index >= 15 is 0 Å². The summed E-state index contributed by atoms with van der Waals surface area (Å²) in [6, 6.07) is 21.5. The summed E-state index contributed by atoms with van der Waals surface area (Å²) in [5.74, 6) is 0.464. The zero-order valence-corrected chi connectivity index (χ0v) is 14.0. The standard InChI is InChI=1S/C21H27NO/c1-3-10-18-20(17-13-8-5-9-14-17)22-19(15(2)21(18)23)16-11-6-4-7-12-16/h4-9,11-15,18-23H,3,10H2,1-2H3/t15-,18+,19-,20+,21+/m0/s1. The van der Waals surface area contributed by atoms with E-state index in [2.05, 4.69) is 73.8 Å². The minimum atomic E-state index is -0.286. The number of nitrogens with one attached hydrogen (secondary N) is 1. The van der Waals surface area contributed by atoms with Crippen molar-refractivity contribution in [1.82, 2.24) is 5.32 Å². The number of rotatable bonds is 4. The molecule has 1 aliphatic rings. The number of piperidine rings is 1. The molecule has 1 heterocycles. The second kappa shape index (κ2) is 7.29. The maximum Gasteiger partial charge on any atom is 0.0630 e. The van der Waals surface area contributed by atoms with Crippen molar-refractivity contribution in [2.75, 3.05) is 0 Å². The van der Waals surface area contributed by atoms with Crippen molar-refractivity contribution in [1.29, 1.82) is 0 Å². The number of hydrogen-bond acceptors (Lipinski definition) is 2. The topological polar surface area (TPSA) is 32.3 Å². The molecule has 2 nitrogen and oxygen atoms in total. The molecule has 2 aromatic rings. The van der Waals surface area contributed by atoms with E-state index in [9.17, 15) is 5.11 Å². The molecule has 1 aliphatic heterocycles. The minimum Gasteiger partial charge on any atom is -0.392 e. The Kier molecular flexibility index (Phi) is 5.14. The minimum absolute atomic E-state index is 0.185. The van der Waals surface area contributed by atoms with Gasteiger partial charge in [-0.1, -0.05) is 80.9 Å². The molecule has 2 N–H and O–H groups in total. The molecule has 122 valence electrons. The molecule has 0 saturated carbocycles. The van der Waals surface area contributed by atoms with Crippen LogP contribution in [0, 0.1) is 11.8 Å². The highest BCUT2D eigenvalue weighted by Gasteiger charge is 2.41. The van der Waals surface area contributed by atoms with Gasteiger partial charge >= 0.3 is 0 Å². The second-order valence-corrected chi connectivity index (χ2v) is 6.75. The highest BCUT2D eigenvalue weighted by molar-refractivity contribution is 5.26. The van der Waals surface area contributed by atoms with Crippen LogP contribution in [-0.4, -0.2) is 11.2 Å². The smallest absolute Gasteiger partial charge is 0.0630 e. The van der Waals surface area contributed by atoms with E-state index in [-0.39, 0.29) is 30.0 Å². The lowest BCUT2D eigenvalue weighted by Crippen LogP contribution is -2.49. The number of hydrogen-bond donors (Lipinski definition) is 2. The Bertz CT molecular complexity index is 598. The van der Waals surface area contributed by atoms with Crippen LogP contribution < -0.4 is 5.32 Å². The third-order valence-electron chi connectivity index (χ3n) is 5.23. The molecule has 2 aromatic carbocycles. The van der Waals surface area contributed by atoms with Crippen molar-refractivity contribution in [2.24, 2.45) is 11.8 Å². The van der Waals surface area contributed by atoms with Crippen molar-refractivity contribution in [3.63, 3.8) is 0 Å². The molecule has 0 aromatic heterocycles. The summed E-state index contributed by atoms with van der Waals surface area (Å²) in [5, 5.41) is 14.8. The molecule has 23 heavy (non-hydrogen) atoms. The highest BCUT2D eigenvalue weighted by Crippen LogP contribution is 2.42. The molecular weight excluding hydrogens is 282 g/mol. The molecule has 1 fully saturated rings. The summed E-state index contributed by atoms with van der Waals surface area (Å²) in [4.78, 5) is 0. The third-order valence-corrected chi connectivity index (χ3v) is 5.23. The molecule has 0 amide bonds. The maximum atomic E-state index is 11.0. The second-order valence-electron chi connectivity index (χ2n) is 6.75. The quantitative estimate of drug-likeness (QED) is 0.872. The van der Waals surface area contributed by atoms with Crippen LogP contribution in [0.4, 0.5) is 0 Å². The lowest BCUT2D eigenvalue weighted by atomic mass is 9.72. The molecular formula is C21H27NO. The van der Waals surface area contributed by atoms with Crippen molar-refractivity contribution >= 4 is 0 Å². The fourth-order valence-electron chi connectivity index (χ4n) is 3.99. The van der Waals surface area contributed by atoms with Crippen LogP contribution in [0.2, 0.25) is 0 Å². The third kappa shape index (κ3) is 3.34. The Morgan fingerprint density at radius 3 is 1.91 bits per heavy atom. The Balaban J connectivity index is 1.94. The first kappa shape index (κ1) is 16.2. The van der Waals surface area contributed by atoms with Gasteiger partial charge in [0.25, 0.3) is 0 Å². The van der Waals surface area contributed by atoms with Crippen LogP contribution >= 0.6 is 0 Å². The largest absolute Gasteiger partial charge is 0.392 e. The predicted octanol–water partition coefficient (Wildman–Crippen LogP) is 4.49. The zero-order chi connectivity index (χ0) is 16.2. The molecule has 0 bridgehead atoms. The molecule has 0 spiro atoms. The van der Waals surface area contributed by atoms with E-state index in [4.69, 9.17) is 0 Å². The number of aliphatic hydroxyl groups excluding tert-OH is 1. The van der Waals surface area contributed by atoms with E-state index in [1.807, 2.05) is 6.07 Å². The van der Waals surface area contributed by atoms with Gasteiger partial charge in [-0.15, -0.1) is 0 Å². The van der Waals surface area contributed by atoms with Crippen LogP contribution in [0.1, 0.15) is 49.9 Å². The van der Waals surface area contributed by atoms with Crippen LogP contribution in [-0.2, 0) is 0 Å². The Hall–Kier alpha value is -1.64. The van der Waals surface area contributed by atoms with Gasteiger partial charge in [-0.25, -0.2) is 0 Å². The van der Waals surface area contributed by atoms with E-state index in [0.29, 0.717) is 0 Å². The monoisotopic (exact) mass is 309 g/mol. The van der Waals surface area contributed by atoms with E-state index < -0.39 is 0 Å². The van der Waals surface area contributed by atoms with Crippen LogP contribution in [0.5, 0.6) is 0 Å². The van der Waals surface area contributed by atoms with Crippen molar-refractivity contribution in [2.45, 2.75) is 44.9 Å². The molecule has 1 saturated heterocycles. The first-order chi connectivity index (χ1) is 11.2. The fraction of sp³-hybridized carbons (Fsp3) is 0.429. The van der Waals surface area contributed by atoms with Gasteiger partial charge in [-0.3, -0.25) is 0 Å². The number of aliphatic hydroxyl groups is 1. The average Bonchev–Trinajstić information content (AvgIpc) is 2.61. The van der Waals surface area contributed by atoms with Gasteiger partial charge in [0.05, 0.1) is 6.10 Å². The van der Waals surface area contributed by atoms with Crippen LogP contribution in [0.15, 0.2) is 60.7 Å². The average molecular weight is 309 g/mol. The molecule has 0 unspecified atom stereocenters. The lowest BCUT2D eigenvalue weighted by molar-refractivity contribution is -0.0184. The van der Waals surface area contributed by atoms with Gasteiger partial charge < -0.3 is 10.4 Å². The van der Waals surface area contributed by atoms with Crippen LogP contribution in [0.3, 0.4) is 0 Å². The van der Waals surface area contributed by atoms with E-state index in [1.54, 1.807) is 0 Å². The van der Waals surface area contributed by atoms with Gasteiger partial charge in [0, 0.05) is 23.9 Å². The van der Waals surface area contributed by atoms with Crippen molar-refractivity contribution < 1.29 is 5.11 Å². The van der Waals surface area contributed by atoms with Crippen molar-refractivity contribution in [3.05, 3.63) is 71.8 Å². The molecule has 0 aliphatic carbocycles. The summed E-state index contributed by atoms with van der Waals surface area (Å²) in [6.45, 7) is 4.36. The predicted molar refractivity (Wildman–Crippen MR) is 95.1 cm³/mol. The summed E-state index contributed by atoms with van der Waals surface area (Å²) in [7, 11) is 0. The molecule has 2 heteroatoms. The first-order valence-corrected chi connectivity index (χ1v) is 8.76. The summed E-state index contributed by atoms with van der Waals surface area (Å²) >= 11 is 0. The normalized spacial score (nSPS) is 31.0. The number of benzene rings is 2.